The van der Waals surface area contributed by atoms with Crippen molar-refractivity contribution in [2.45, 2.75) is 20.3 Å². The van der Waals surface area contributed by atoms with Gasteiger partial charge in [0.05, 0.1) is 16.5 Å². The van der Waals surface area contributed by atoms with Crippen LogP contribution in [0.2, 0.25) is 10.0 Å². The van der Waals surface area contributed by atoms with Gasteiger partial charge in [0.25, 0.3) is 5.91 Å². The summed E-state index contributed by atoms with van der Waals surface area (Å²) in [5, 5.41) is 0.800. The number of ether oxygens (including phenoxy) is 1. The van der Waals surface area contributed by atoms with Crippen molar-refractivity contribution in [3.63, 3.8) is 0 Å². The van der Waals surface area contributed by atoms with Gasteiger partial charge in [0, 0.05) is 13.1 Å². The molecule has 0 aliphatic carbocycles. The minimum absolute atomic E-state index is 0.0385. The minimum atomic E-state index is -0.488. The molecule has 0 fully saturated rings. The summed E-state index contributed by atoms with van der Waals surface area (Å²) in [5.74, 6) is -0.730. The fourth-order valence-corrected chi connectivity index (χ4v) is 2.12. The number of hydrogen-bond donors (Lipinski definition) is 0. The SMILES string of the molecule is C=C(C)CN(CC)C(=O)COC(=O)Cc1ccc(Cl)c(Cl)c1. The van der Waals surface area contributed by atoms with Crippen LogP contribution in [0.5, 0.6) is 0 Å². The number of carbonyl (C=O) groups excluding carboxylic acids is 2. The van der Waals surface area contributed by atoms with Gasteiger partial charge in [-0.3, -0.25) is 9.59 Å². The highest BCUT2D eigenvalue weighted by molar-refractivity contribution is 6.42. The molecule has 0 N–H and O–H groups in total. The van der Waals surface area contributed by atoms with Crippen molar-refractivity contribution in [2.24, 2.45) is 0 Å². The second-order valence-corrected chi connectivity index (χ2v) is 5.77. The third-order valence-electron chi connectivity index (χ3n) is 2.88. The Morgan fingerprint density at radius 2 is 1.95 bits per heavy atom. The number of carbonyl (C=O) groups is 2. The molecule has 0 saturated carbocycles. The lowest BCUT2D eigenvalue weighted by Gasteiger charge is -2.20. The Bertz CT molecular complexity index is 573. The predicted molar refractivity (Wildman–Crippen MR) is 88.2 cm³/mol. The molecule has 0 aliphatic heterocycles. The Balaban J connectivity index is 2.49. The molecule has 4 nitrogen and oxygen atoms in total. The van der Waals surface area contributed by atoms with Gasteiger partial charge in [0.1, 0.15) is 0 Å². The lowest BCUT2D eigenvalue weighted by molar-refractivity contribution is -0.151. The Labute approximate surface area is 140 Å². The van der Waals surface area contributed by atoms with Crippen LogP contribution in [-0.2, 0) is 20.7 Å². The van der Waals surface area contributed by atoms with Crippen LogP contribution in [-0.4, -0.2) is 36.5 Å². The molecule has 0 unspecified atom stereocenters. The van der Waals surface area contributed by atoms with Gasteiger partial charge in [-0.15, -0.1) is 0 Å². The van der Waals surface area contributed by atoms with Gasteiger partial charge in [-0.05, 0) is 31.5 Å². The van der Waals surface area contributed by atoms with E-state index in [1.54, 1.807) is 23.1 Å². The van der Waals surface area contributed by atoms with Crippen molar-refractivity contribution >= 4 is 35.1 Å². The molecule has 0 aromatic heterocycles. The number of esters is 1. The van der Waals surface area contributed by atoms with E-state index in [4.69, 9.17) is 27.9 Å². The standard InChI is InChI=1S/C16H19Cl2NO3/c1-4-19(9-11(2)3)15(20)10-22-16(21)8-12-5-6-13(17)14(18)7-12/h5-7H,2,4,8-10H2,1,3H3. The smallest absolute Gasteiger partial charge is 0.310 e. The summed E-state index contributed by atoms with van der Waals surface area (Å²) in [6.45, 7) is 8.18. The van der Waals surface area contributed by atoms with E-state index in [0.717, 1.165) is 5.57 Å². The summed E-state index contributed by atoms with van der Waals surface area (Å²) < 4.78 is 5.01. The number of benzene rings is 1. The number of nitrogens with zero attached hydrogens (tertiary/aromatic N) is 1. The molecular formula is C16H19Cl2NO3. The molecule has 1 rings (SSSR count). The third kappa shape index (κ3) is 6.08. The molecule has 1 amide bonds. The van der Waals surface area contributed by atoms with Crippen molar-refractivity contribution in [3.05, 3.63) is 46.0 Å². The van der Waals surface area contributed by atoms with Gasteiger partial charge in [-0.1, -0.05) is 41.4 Å². The zero-order chi connectivity index (χ0) is 16.7. The van der Waals surface area contributed by atoms with Gasteiger partial charge in [-0.25, -0.2) is 0 Å². The van der Waals surface area contributed by atoms with E-state index in [-0.39, 0.29) is 18.9 Å². The van der Waals surface area contributed by atoms with Crippen LogP contribution in [0.3, 0.4) is 0 Å². The molecule has 6 heteroatoms. The summed E-state index contributed by atoms with van der Waals surface area (Å²) in [5.41, 5.74) is 1.55. The Kier molecular flexibility index (Phi) is 7.42. The molecule has 1 aromatic rings. The van der Waals surface area contributed by atoms with E-state index in [1.165, 1.54) is 0 Å². The molecular weight excluding hydrogens is 325 g/mol. The van der Waals surface area contributed by atoms with Gasteiger partial charge in [0.15, 0.2) is 6.61 Å². The maximum absolute atomic E-state index is 11.9. The van der Waals surface area contributed by atoms with Gasteiger partial charge >= 0.3 is 5.97 Å². The van der Waals surface area contributed by atoms with E-state index >= 15 is 0 Å². The largest absolute Gasteiger partial charge is 0.455 e. The van der Waals surface area contributed by atoms with E-state index in [1.807, 2.05) is 13.8 Å². The van der Waals surface area contributed by atoms with Crippen molar-refractivity contribution < 1.29 is 14.3 Å². The van der Waals surface area contributed by atoms with Gasteiger partial charge in [0.2, 0.25) is 0 Å². The Morgan fingerprint density at radius 1 is 1.27 bits per heavy atom. The molecule has 0 spiro atoms. The fourth-order valence-electron chi connectivity index (χ4n) is 1.80. The molecule has 120 valence electrons. The van der Waals surface area contributed by atoms with Crippen LogP contribution in [0.25, 0.3) is 0 Å². The Hall–Kier alpha value is -1.52. The van der Waals surface area contributed by atoms with E-state index in [9.17, 15) is 9.59 Å². The van der Waals surface area contributed by atoms with Crippen molar-refractivity contribution in [1.82, 2.24) is 4.90 Å². The second kappa shape index (κ2) is 8.81. The first kappa shape index (κ1) is 18.5. The molecule has 0 radical (unpaired) electrons. The van der Waals surface area contributed by atoms with Crippen molar-refractivity contribution in [1.29, 1.82) is 0 Å². The quantitative estimate of drug-likeness (QED) is 0.562. The maximum atomic E-state index is 11.9. The maximum Gasteiger partial charge on any atom is 0.310 e. The average molecular weight is 344 g/mol. The van der Waals surface area contributed by atoms with Gasteiger partial charge in [-0.2, -0.15) is 0 Å². The molecule has 0 atom stereocenters. The van der Waals surface area contributed by atoms with Crippen LogP contribution in [0.4, 0.5) is 0 Å². The zero-order valence-electron chi connectivity index (χ0n) is 12.7. The summed E-state index contributed by atoms with van der Waals surface area (Å²) in [6, 6.07) is 4.91. The molecule has 0 saturated heterocycles. The van der Waals surface area contributed by atoms with Crippen molar-refractivity contribution in [3.8, 4) is 0 Å². The highest BCUT2D eigenvalue weighted by atomic mass is 35.5. The van der Waals surface area contributed by atoms with E-state index in [2.05, 4.69) is 6.58 Å². The third-order valence-corrected chi connectivity index (χ3v) is 3.62. The van der Waals surface area contributed by atoms with E-state index in [0.29, 0.717) is 28.7 Å². The number of rotatable bonds is 7. The minimum Gasteiger partial charge on any atom is -0.455 e. The second-order valence-electron chi connectivity index (χ2n) is 4.95. The number of hydrogen-bond acceptors (Lipinski definition) is 3. The first-order valence-corrected chi connectivity index (χ1v) is 7.60. The predicted octanol–water partition coefficient (Wildman–Crippen LogP) is 3.50. The van der Waals surface area contributed by atoms with Crippen LogP contribution >= 0.6 is 23.2 Å². The van der Waals surface area contributed by atoms with Crippen LogP contribution in [0.15, 0.2) is 30.4 Å². The number of amides is 1. The monoisotopic (exact) mass is 343 g/mol. The fraction of sp³-hybridized carbons (Fsp3) is 0.375. The van der Waals surface area contributed by atoms with Crippen LogP contribution in [0.1, 0.15) is 19.4 Å². The molecule has 0 bridgehead atoms. The first-order valence-electron chi connectivity index (χ1n) is 6.85. The average Bonchev–Trinajstić information content (AvgIpc) is 2.46. The number of halogens is 2. The summed E-state index contributed by atoms with van der Waals surface area (Å²) in [7, 11) is 0. The molecule has 22 heavy (non-hydrogen) atoms. The van der Waals surface area contributed by atoms with Gasteiger partial charge < -0.3 is 9.64 Å². The highest BCUT2D eigenvalue weighted by Gasteiger charge is 2.14. The van der Waals surface area contributed by atoms with Crippen LogP contribution < -0.4 is 0 Å². The normalized spacial score (nSPS) is 10.2. The van der Waals surface area contributed by atoms with E-state index < -0.39 is 5.97 Å². The van der Waals surface area contributed by atoms with Crippen LogP contribution in [0, 0.1) is 0 Å². The highest BCUT2D eigenvalue weighted by Crippen LogP contribution is 2.22. The first-order chi connectivity index (χ1) is 10.3. The Morgan fingerprint density at radius 3 is 2.50 bits per heavy atom. The summed E-state index contributed by atoms with van der Waals surface area (Å²) in [6.07, 6.45) is 0.0385. The zero-order valence-corrected chi connectivity index (χ0v) is 14.2. The summed E-state index contributed by atoms with van der Waals surface area (Å²) in [4.78, 5) is 25.3. The number of likely N-dealkylation sites (N-methyl/N-ethyl adjacent to an activating group) is 1. The molecule has 0 heterocycles. The molecule has 1 aromatic carbocycles. The van der Waals surface area contributed by atoms with Crippen molar-refractivity contribution in [2.75, 3.05) is 19.7 Å². The topological polar surface area (TPSA) is 46.6 Å². The molecule has 0 aliphatic rings. The lowest BCUT2D eigenvalue weighted by Crippen LogP contribution is -2.35. The summed E-state index contributed by atoms with van der Waals surface area (Å²) >= 11 is 11.7. The lowest BCUT2D eigenvalue weighted by atomic mass is 10.1.